The molecule has 0 atom stereocenters. The fourth-order valence-electron chi connectivity index (χ4n) is 3.17. The summed E-state index contributed by atoms with van der Waals surface area (Å²) in [6, 6.07) is 20.8. The summed E-state index contributed by atoms with van der Waals surface area (Å²) in [6.07, 6.45) is 1.75. The maximum atomic E-state index is 9.74. The first-order valence-electron chi connectivity index (χ1n) is 7.65. The number of hydrogen-bond donors (Lipinski definition) is 0. The van der Waals surface area contributed by atoms with E-state index in [9.17, 15) is 5.26 Å². The van der Waals surface area contributed by atoms with E-state index in [2.05, 4.69) is 35.2 Å². The molecule has 112 valence electrons. The second kappa shape index (κ2) is 6.52. The van der Waals surface area contributed by atoms with Crippen LogP contribution in [0.1, 0.15) is 24.0 Å². The van der Waals surface area contributed by atoms with E-state index in [1.165, 1.54) is 5.56 Å². The van der Waals surface area contributed by atoms with Gasteiger partial charge in [-0.25, -0.2) is 0 Å². The maximum Gasteiger partial charge on any atom is 0.0846 e. The van der Waals surface area contributed by atoms with Crippen molar-refractivity contribution in [3.63, 3.8) is 0 Å². The number of halogens is 1. The summed E-state index contributed by atoms with van der Waals surface area (Å²) in [7, 11) is 0. The van der Waals surface area contributed by atoms with Crippen LogP contribution in [0, 0.1) is 11.3 Å². The Morgan fingerprint density at radius 3 is 2.23 bits per heavy atom. The van der Waals surface area contributed by atoms with Crippen molar-refractivity contribution in [2.24, 2.45) is 0 Å². The SMILES string of the molecule is N#CC1(c2ccc(Cl)cc2)CCN(Cc2ccccc2)CC1. The molecule has 0 unspecified atom stereocenters. The maximum absolute atomic E-state index is 9.74. The zero-order valence-electron chi connectivity index (χ0n) is 12.5. The molecule has 3 heteroatoms. The van der Waals surface area contributed by atoms with Crippen LogP contribution < -0.4 is 0 Å². The van der Waals surface area contributed by atoms with Gasteiger partial charge in [0.2, 0.25) is 0 Å². The molecule has 0 bridgehead atoms. The van der Waals surface area contributed by atoms with Gasteiger partial charge in [0, 0.05) is 24.7 Å². The Hall–Kier alpha value is -1.82. The average molecular weight is 311 g/mol. The Balaban J connectivity index is 1.69. The third kappa shape index (κ3) is 3.16. The molecular formula is C19H19ClN2. The Bertz CT molecular complexity index is 650. The van der Waals surface area contributed by atoms with Crippen molar-refractivity contribution in [2.75, 3.05) is 13.1 Å². The molecule has 1 saturated heterocycles. The lowest BCUT2D eigenvalue weighted by Gasteiger charge is -2.37. The lowest BCUT2D eigenvalue weighted by molar-refractivity contribution is 0.179. The molecule has 2 nitrogen and oxygen atoms in total. The molecule has 0 aromatic heterocycles. The molecule has 1 heterocycles. The Morgan fingerprint density at radius 2 is 1.64 bits per heavy atom. The number of hydrogen-bond acceptors (Lipinski definition) is 2. The van der Waals surface area contributed by atoms with Crippen LogP contribution >= 0.6 is 11.6 Å². The topological polar surface area (TPSA) is 27.0 Å². The van der Waals surface area contributed by atoms with Crippen LogP contribution in [0.15, 0.2) is 54.6 Å². The second-order valence-corrected chi connectivity index (χ2v) is 6.40. The average Bonchev–Trinajstić information content (AvgIpc) is 2.57. The van der Waals surface area contributed by atoms with Crippen LogP contribution in [0.5, 0.6) is 0 Å². The summed E-state index contributed by atoms with van der Waals surface area (Å²) in [5, 5.41) is 10.5. The Kier molecular flexibility index (Phi) is 4.47. The van der Waals surface area contributed by atoms with Gasteiger partial charge in [-0.05, 0) is 36.1 Å². The number of nitriles is 1. The molecule has 1 aliphatic heterocycles. The van der Waals surface area contributed by atoms with E-state index in [0.717, 1.165) is 43.1 Å². The molecule has 0 saturated carbocycles. The smallest absolute Gasteiger partial charge is 0.0846 e. The first kappa shape index (κ1) is 15.1. The van der Waals surface area contributed by atoms with Crippen molar-refractivity contribution in [1.82, 2.24) is 4.90 Å². The van der Waals surface area contributed by atoms with Crippen molar-refractivity contribution >= 4 is 11.6 Å². The minimum absolute atomic E-state index is 0.363. The van der Waals surface area contributed by atoms with Crippen molar-refractivity contribution in [3.8, 4) is 6.07 Å². The van der Waals surface area contributed by atoms with E-state index in [-0.39, 0.29) is 5.41 Å². The largest absolute Gasteiger partial charge is 0.299 e. The molecular weight excluding hydrogens is 292 g/mol. The van der Waals surface area contributed by atoms with Gasteiger partial charge < -0.3 is 0 Å². The van der Waals surface area contributed by atoms with Gasteiger partial charge in [-0.3, -0.25) is 4.90 Å². The lowest BCUT2D eigenvalue weighted by Crippen LogP contribution is -2.41. The highest BCUT2D eigenvalue weighted by Crippen LogP contribution is 2.35. The highest BCUT2D eigenvalue weighted by Gasteiger charge is 2.36. The fourth-order valence-corrected chi connectivity index (χ4v) is 3.29. The van der Waals surface area contributed by atoms with Crippen LogP contribution in [0.3, 0.4) is 0 Å². The van der Waals surface area contributed by atoms with Crippen LogP contribution in [0.2, 0.25) is 5.02 Å². The number of benzene rings is 2. The van der Waals surface area contributed by atoms with Crippen LogP contribution in [0.4, 0.5) is 0 Å². The fraction of sp³-hybridized carbons (Fsp3) is 0.316. The molecule has 0 radical (unpaired) electrons. The number of nitrogens with zero attached hydrogens (tertiary/aromatic N) is 2. The summed E-state index contributed by atoms with van der Waals surface area (Å²) in [6.45, 7) is 2.86. The molecule has 0 aliphatic carbocycles. The molecule has 1 aliphatic rings. The third-order valence-corrected chi connectivity index (χ3v) is 4.82. The number of likely N-dealkylation sites (tertiary alicyclic amines) is 1. The van der Waals surface area contributed by atoms with E-state index in [1.54, 1.807) is 0 Å². The van der Waals surface area contributed by atoms with E-state index in [0.29, 0.717) is 0 Å². The molecule has 0 N–H and O–H groups in total. The monoisotopic (exact) mass is 310 g/mol. The zero-order chi connectivity index (χ0) is 15.4. The first-order chi connectivity index (χ1) is 10.7. The summed E-state index contributed by atoms with van der Waals surface area (Å²) >= 11 is 5.96. The van der Waals surface area contributed by atoms with Crippen molar-refractivity contribution in [1.29, 1.82) is 5.26 Å². The summed E-state index contributed by atoms with van der Waals surface area (Å²) < 4.78 is 0. The van der Waals surface area contributed by atoms with Gasteiger partial charge in [-0.1, -0.05) is 54.1 Å². The highest BCUT2D eigenvalue weighted by atomic mass is 35.5. The van der Waals surface area contributed by atoms with E-state index in [1.807, 2.05) is 30.3 Å². The molecule has 1 fully saturated rings. The molecule has 2 aromatic carbocycles. The minimum Gasteiger partial charge on any atom is -0.299 e. The van der Waals surface area contributed by atoms with Gasteiger partial charge in [0.25, 0.3) is 0 Å². The van der Waals surface area contributed by atoms with Gasteiger partial charge in [0.1, 0.15) is 0 Å². The van der Waals surface area contributed by atoms with Crippen LogP contribution in [-0.2, 0) is 12.0 Å². The Morgan fingerprint density at radius 1 is 1.00 bits per heavy atom. The zero-order valence-corrected chi connectivity index (χ0v) is 13.3. The predicted molar refractivity (Wildman–Crippen MR) is 89.7 cm³/mol. The number of piperidine rings is 1. The van der Waals surface area contributed by atoms with E-state index in [4.69, 9.17) is 11.6 Å². The molecule has 3 rings (SSSR count). The highest BCUT2D eigenvalue weighted by molar-refractivity contribution is 6.30. The van der Waals surface area contributed by atoms with Crippen molar-refractivity contribution in [2.45, 2.75) is 24.8 Å². The quantitative estimate of drug-likeness (QED) is 0.840. The lowest BCUT2D eigenvalue weighted by atomic mass is 9.74. The summed E-state index contributed by atoms with van der Waals surface area (Å²) in [5.41, 5.74) is 2.06. The van der Waals surface area contributed by atoms with Crippen molar-refractivity contribution < 1.29 is 0 Å². The first-order valence-corrected chi connectivity index (χ1v) is 8.03. The van der Waals surface area contributed by atoms with Gasteiger partial charge in [0.05, 0.1) is 11.5 Å². The van der Waals surface area contributed by atoms with Crippen molar-refractivity contribution in [3.05, 3.63) is 70.7 Å². The third-order valence-electron chi connectivity index (χ3n) is 4.57. The van der Waals surface area contributed by atoms with Crippen LogP contribution in [-0.4, -0.2) is 18.0 Å². The Labute approximate surface area is 136 Å². The minimum atomic E-state index is -0.363. The number of rotatable bonds is 3. The molecule has 2 aromatic rings. The summed E-state index contributed by atoms with van der Waals surface area (Å²) in [4.78, 5) is 2.43. The second-order valence-electron chi connectivity index (χ2n) is 5.96. The van der Waals surface area contributed by atoms with Gasteiger partial charge in [-0.15, -0.1) is 0 Å². The molecule has 0 spiro atoms. The van der Waals surface area contributed by atoms with Crippen LogP contribution in [0.25, 0.3) is 0 Å². The van der Waals surface area contributed by atoms with Gasteiger partial charge in [0.15, 0.2) is 0 Å². The van der Waals surface area contributed by atoms with E-state index >= 15 is 0 Å². The molecule has 22 heavy (non-hydrogen) atoms. The van der Waals surface area contributed by atoms with Gasteiger partial charge >= 0.3 is 0 Å². The molecule has 0 amide bonds. The summed E-state index contributed by atoms with van der Waals surface area (Å²) in [5.74, 6) is 0. The van der Waals surface area contributed by atoms with Gasteiger partial charge in [-0.2, -0.15) is 5.26 Å². The van der Waals surface area contributed by atoms with E-state index < -0.39 is 0 Å². The predicted octanol–water partition coefficient (Wildman–Crippen LogP) is 4.40. The standard InChI is InChI=1S/C19H19ClN2/c20-18-8-6-17(7-9-18)19(15-21)10-12-22(13-11-19)14-16-4-2-1-3-5-16/h1-9H,10-14H2. The normalized spacial score (nSPS) is 17.8.